The molecule has 0 saturated carbocycles. The van der Waals surface area contributed by atoms with Gasteiger partial charge in [-0.2, -0.15) is 20.5 Å². The van der Waals surface area contributed by atoms with Gasteiger partial charge >= 0.3 is 0 Å². The molecule has 0 aliphatic carbocycles. The molecule has 4 N–H and O–H groups in total. The van der Waals surface area contributed by atoms with Gasteiger partial charge in [0, 0.05) is 6.54 Å². The van der Waals surface area contributed by atoms with Gasteiger partial charge in [0.05, 0.1) is 33.2 Å². The third-order valence-corrected chi connectivity index (χ3v) is 5.24. The van der Waals surface area contributed by atoms with E-state index >= 15 is 0 Å². The summed E-state index contributed by atoms with van der Waals surface area (Å²) in [7, 11) is 0. The van der Waals surface area contributed by atoms with Crippen molar-refractivity contribution in [1.82, 2.24) is 19.5 Å². The van der Waals surface area contributed by atoms with Crippen molar-refractivity contribution in [2.75, 3.05) is 22.9 Å². The number of hydrogen-bond acceptors (Lipinski definition) is 9. The second-order valence-electron chi connectivity index (χ2n) is 6.87. The SMILES string of the molecule is CCN(c1nc(N)nc(N)c1C#N)c1nc2cccc(Cl)c2c(=O)n1-c1cccc(C#N)c1. The quantitative estimate of drug-likeness (QED) is 0.468. The van der Waals surface area contributed by atoms with Gasteiger partial charge in [0.15, 0.2) is 5.82 Å². The molecule has 33 heavy (non-hydrogen) atoms. The Hall–Kier alpha value is -4.67. The first-order valence-corrected chi connectivity index (χ1v) is 10.1. The molecule has 11 heteroatoms. The summed E-state index contributed by atoms with van der Waals surface area (Å²) in [5, 5.41) is 19.5. The molecule has 2 aromatic carbocycles. The van der Waals surface area contributed by atoms with Gasteiger partial charge in [-0.1, -0.05) is 23.7 Å². The standard InChI is InChI=1S/C22H16ClN9O/c1-2-31(19-14(11-25)18(26)29-21(27)30-19)22-28-16-8-4-7-15(23)17(16)20(33)32(22)13-6-3-5-12(9-13)10-24/h3-9H,2H2,1H3,(H4,26,27,29,30). The molecule has 0 saturated heterocycles. The van der Waals surface area contributed by atoms with Gasteiger partial charge in [0.2, 0.25) is 11.9 Å². The van der Waals surface area contributed by atoms with Gasteiger partial charge in [-0.3, -0.25) is 9.69 Å². The van der Waals surface area contributed by atoms with Crippen LogP contribution in [0.15, 0.2) is 47.3 Å². The predicted octanol–water partition coefficient (Wildman–Crippen LogP) is 2.89. The van der Waals surface area contributed by atoms with Crippen LogP contribution in [0.4, 0.5) is 23.5 Å². The van der Waals surface area contributed by atoms with Crippen LogP contribution in [0.3, 0.4) is 0 Å². The maximum Gasteiger partial charge on any atom is 0.268 e. The molecule has 0 spiro atoms. The summed E-state index contributed by atoms with van der Waals surface area (Å²) in [5.41, 5.74) is 12.3. The predicted molar refractivity (Wildman–Crippen MR) is 125 cm³/mol. The number of nitriles is 2. The maximum atomic E-state index is 13.7. The molecular weight excluding hydrogens is 442 g/mol. The highest BCUT2D eigenvalue weighted by Crippen LogP contribution is 2.31. The fourth-order valence-electron chi connectivity index (χ4n) is 3.48. The molecule has 0 unspecified atom stereocenters. The zero-order chi connectivity index (χ0) is 23.7. The van der Waals surface area contributed by atoms with Crippen molar-refractivity contribution < 1.29 is 0 Å². The molecule has 0 aliphatic rings. The molecule has 2 aromatic heterocycles. The summed E-state index contributed by atoms with van der Waals surface area (Å²) in [6.45, 7) is 2.04. The number of benzene rings is 2. The van der Waals surface area contributed by atoms with Crippen LogP contribution in [-0.4, -0.2) is 26.1 Å². The van der Waals surface area contributed by atoms with E-state index < -0.39 is 5.56 Å². The maximum absolute atomic E-state index is 13.7. The van der Waals surface area contributed by atoms with Crippen LogP contribution in [0.1, 0.15) is 18.1 Å². The summed E-state index contributed by atoms with van der Waals surface area (Å²) in [4.78, 5) is 28.0. The minimum Gasteiger partial charge on any atom is -0.382 e. The van der Waals surface area contributed by atoms with Gasteiger partial charge < -0.3 is 11.5 Å². The third-order valence-electron chi connectivity index (χ3n) is 4.92. The van der Waals surface area contributed by atoms with Crippen molar-refractivity contribution in [2.45, 2.75) is 6.92 Å². The summed E-state index contributed by atoms with van der Waals surface area (Å²) >= 11 is 6.34. The number of aromatic nitrogens is 4. The molecule has 0 amide bonds. The minimum atomic E-state index is -0.456. The lowest BCUT2D eigenvalue weighted by Gasteiger charge is -2.26. The monoisotopic (exact) mass is 457 g/mol. The summed E-state index contributed by atoms with van der Waals surface area (Å²) in [5.74, 6) is 0.0108. The van der Waals surface area contributed by atoms with Gasteiger partial charge in [-0.25, -0.2) is 9.55 Å². The first-order chi connectivity index (χ1) is 15.9. The Labute approximate surface area is 192 Å². The van der Waals surface area contributed by atoms with Crippen LogP contribution < -0.4 is 21.9 Å². The molecule has 4 rings (SSSR count). The van der Waals surface area contributed by atoms with Crippen molar-refractivity contribution >= 4 is 46.0 Å². The molecule has 0 radical (unpaired) electrons. The smallest absolute Gasteiger partial charge is 0.268 e. The van der Waals surface area contributed by atoms with E-state index in [4.69, 9.17) is 23.1 Å². The first kappa shape index (κ1) is 21.6. The summed E-state index contributed by atoms with van der Waals surface area (Å²) in [6, 6.07) is 15.5. The number of anilines is 4. The van der Waals surface area contributed by atoms with Crippen LogP contribution in [0, 0.1) is 22.7 Å². The van der Waals surface area contributed by atoms with E-state index in [1.807, 2.05) is 6.07 Å². The van der Waals surface area contributed by atoms with E-state index in [0.717, 1.165) is 0 Å². The number of rotatable bonds is 4. The van der Waals surface area contributed by atoms with Crippen LogP contribution in [-0.2, 0) is 0 Å². The summed E-state index contributed by atoms with van der Waals surface area (Å²) in [6.07, 6.45) is 0. The second kappa shape index (κ2) is 8.46. The van der Waals surface area contributed by atoms with E-state index in [9.17, 15) is 15.3 Å². The van der Waals surface area contributed by atoms with E-state index in [1.54, 1.807) is 49.4 Å². The molecular formula is C22H16ClN9O. The van der Waals surface area contributed by atoms with Gasteiger partial charge in [0.25, 0.3) is 5.56 Å². The largest absolute Gasteiger partial charge is 0.382 e. The number of nitrogens with two attached hydrogens (primary N) is 2. The highest BCUT2D eigenvalue weighted by atomic mass is 35.5. The molecule has 4 aromatic rings. The van der Waals surface area contributed by atoms with Crippen molar-refractivity contribution in [3.05, 3.63) is 69.0 Å². The minimum absolute atomic E-state index is 0.0104. The average Bonchev–Trinajstić information content (AvgIpc) is 2.79. The first-order valence-electron chi connectivity index (χ1n) is 9.72. The number of nitrogen functional groups attached to an aromatic ring is 2. The van der Waals surface area contributed by atoms with Gasteiger partial charge in [0.1, 0.15) is 17.5 Å². The fourth-order valence-corrected chi connectivity index (χ4v) is 3.73. The lowest BCUT2D eigenvalue weighted by Crippen LogP contribution is -2.31. The fraction of sp³-hybridized carbons (Fsp3) is 0.0909. The average molecular weight is 458 g/mol. The second-order valence-corrected chi connectivity index (χ2v) is 7.28. The molecule has 0 bridgehead atoms. The number of halogens is 1. The van der Waals surface area contributed by atoms with Crippen LogP contribution in [0.2, 0.25) is 5.02 Å². The Balaban J connectivity index is 2.14. The lowest BCUT2D eigenvalue weighted by molar-refractivity contribution is 0.859. The number of hydrogen-bond donors (Lipinski definition) is 2. The van der Waals surface area contributed by atoms with E-state index in [-0.39, 0.29) is 46.0 Å². The number of fused-ring (bicyclic) bond motifs is 1. The Bertz CT molecular complexity index is 1550. The lowest BCUT2D eigenvalue weighted by atomic mass is 10.2. The topological polar surface area (TPSA) is 164 Å². The van der Waals surface area contributed by atoms with E-state index in [0.29, 0.717) is 16.8 Å². The van der Waals surface area contributed by atoms with Crippen LogP contribution in [0.5, 0.6) is 0 Å². The van der Waals surface area contributed by atoms with Crippen molar-refractivity contribution in [3.63, 3.8) is 0 Å². The molecule has 0 fully saturated rings. The Morgan fingerprint density at radius 3 is 2.55 bits per heavy atom. The highest BCUT2D eigenvalue weighted by Gasteiger charge is 2.25. The van der Waals surface area contributed by atoms with Gasteiger partial charge in [-0.15, -0.1) is 0 Å². The van der Waals surface area contributed by atoms with E-state index in [2.05, 4.69) is 21.0 Å². The van der Waals surface area contributed by atoms with E-state index in [1.165, 1.54) is 9.47 Å². The zero-order valence-corrected chi connectivity index (χ0v) is 18.1. The molecule has 10 nitrogen and oxygen atoms in total. The molecule has 0 atom stereocenters. The third kappa shape index (κ3) is 3.65. The number of nitrogens with zero attached hydrogens (tertiary/aromatic N) is 7. The van der Waals surface area contributed by atoms with Crippen molar-refractivity contribution in [2.24, 2.45) is 0 Å². The molecule has 0 aliphatic heterocycles. The zero-order valence-electron chi connectivity index (χ0n) is 17.3. The summed E-state index contributed by atoms with van der Waals surface area (Å²) < 4.78 is 1.31. The van der Waals surface area contributed by atoms with Crippen LogP contribution in [0.25, 0.3) is 16.6 Å². The normalized spacial score (nSPS) is 10.5. The van der Waals surface area contributed by atoms with Gasteiger partial charge in [-0.05, 0) is 37.3 Å². The highest BCUT2D eigenvalue weighted by molar-refractivity contribution is 6.35. The van der Waals surface area contributed by atoms with Crippen molar-refractivity contribution in [1.29, 1.82) is 10.5 Å². The molecule has 162 valence electrons. The van der Waals surface area contributed by atoms with Crippen LogP contribution >= 0.6 is 11.6 Å². The van der Waals surface area contributed by atoms with Crippen molar-refractivity contribution in [3.8, 4) is 17.8 Å². The molecule has 2 heterocycles. The Morgan fingerprint density at radius 2 is 1.85 bits per heavy atom. The Morgan fingerprint density at radius 1 is 1.09 bits per heavy atom. The Kier molecular flexibility index (Phi) is 5.53.